The molecule has 1 aliphatic rings. The molecule has 9 heteroatoms. The van der Waals surface area contributed by atoms with Crippen molar-refractivity contribution >= 4 is 11.7 Å². The first-order chi connectivity index (χ1) is 12.0. The van der Waals surface area contributed by atoms with Crippen LogP contribution >= 0.6 is 0 Å². The van der Waals surface area contributed by atoms with Crippen LogP contribution in [0.3, 0.4) is 0 Å². The summed E-state index contributed by atoms with van der Waals surface area (Å²) in [4.78, 5) is 29.0. The lowest BCUT2D eigenvalue weighted by atomic mass is 10.1. The van der Waals surface area contributed by atoms with Crippen LogP contribution in [-0.2, 0) is 36.6 Å². The summed E-state index contributed by atoms with van der Waals surface area (Å²) in [6.45, 7) is 2.85. The molecule has 6 nitrogen and oxygen atoms in total. The Labute approximate surface area is 148 Å². The quantitative estimate of drug-likeness (QED) is 0.600. The van der Waals surface area contributed by atoms with Crippen LogP contribution in [0.5, 0.6) is 0 Å². The first-order valence-corrected chi connectivity index (χ1v) is 7.61. The lowest BCUT2D eigenvalue weighted by molar-refractivity contribution is -0.214. The molecule has 0 atom stereocenters. The van der Waals surface area contributed by atoms with E-state index in [-0.39, 0.29) is 18.9 Å². The number of hydrogen-bond donors (Lipinski definition) is 0. The van der Waals surface area contributed by atoms with Crippen LogP contribution in [0.2, 0.25) is 0 Å². The summed E-state index contributed by atoms with van der Waals surface area (Å²) in [6, 6.07) is 4.32. The van der Waals surface area contributed by atoms with Crippen molar-refractivity contribution in [2.24, 2.45) is 0 Å². The smallest absolute Gasteiger partial charge is 0.416 e. The Kier molecular flexibility index (Phi) is 5.72. The number of hydroxylamine groups is 2. The molecule has 1 fully saturated rings. The normalized spacial score (nSPS) is 18.5. The van der Waals surface area contributed by atoms with Crippen molar-refractivity contribution in [1.82, 2.24) is 5.06 Å². The zero-order chi connectivity index (χ0) is 19.5. The number of carbonyl (C=O) groups excluding carboxylic acids is 2. The van der Waals surface area contributed by atoms with Crippen LogP contribution in [0.15, 0.2) is 36.1 Å². The topological polar surface area (TPSA) is 65.1 Å². The Morgan fingerprint density at radius 2 is 1.92 bits per heavy atom. The van der Waals surface area contributed by atoms with E-state index in [1.807, 2.05) is 0 Å². The summed E-state index contributed by atoms with van der Waals surface area (Å²) in [5.74, 6) is -2.40. The van der Waals surface area contributed by atoms with E-state index in [0.29, 0.717) is 5.56 Å². The lowest BCUT2D eigenvalue weighted by Gasteiger charge is -2.31. The van der Waals surface area contributed by atoms with Crippen LogP contribution in [0.4, 0.5) is 13.2 Å². The van der Waals surface area contributed by atoms with E-state index in [2.05, 4.69) is 0 Å². The van der Waals surface area contributed by atoms with Gasteiger partial charge in [0.2, 0.25) is 11.6 Å². The fourth-order valence-corrected chi connectivity index (χ4v) is 2.15. The maximum atomic E-state index is 12.6. The number of hydrogen-bond acceptors (Lipinski definition) is 5. The number of nitrogens with zero attached hydrogens (tertiary/aromatic N) is 1. The van der Waals surface area contributed by atoms with Gasteiger partial charge in [-0.05, 0) is 17.7 Å². The molecule has 0 radical (unpaired) electrons. The number of halogens is 3. The van der Waals surface area contributed by atoms with Gasteiger partial charge in [0.25, 0.3) is 5.91 Å². The zero-order valence-electron chi connectivity index (χ0n) is 14.4. The Balaban J connectivity index is 2.11. The van der Waals surface area contributed by atoms with Crippen LogP contribution in [0, 0.1) is 0 Å². The van der Waals surface area contributed by atoms with E-state index in [1.165, 1.54) is 19.2 Å². The summed E-state index contributed by atoms with van der Waals surface area (Å²) >= 11 is 0. The van der Waals surface area contributed by atoms with Crippen LogP contribution in [-0.4, -0.2) is 36.3 Å². The van der Waals surface area contributed by atoms with E-state index < -0.39 is 29.2 Å². The number of amides is 1. The second-order valence-corrected chi connectivity index (χ2v) is 5.97. The van der Waals surface area contributed by atoms with Crippen molar-refractivity contribution in [1.29, 1.82) is 0 Å². The summed E-state index contributed by atoms with van der Waals surface area (Å²) in [5, 5.41) is 0.898. The minimum absolute atomic E-state index is 0.106. The summed E-state index contributed by atoms with van der Waals surface area (Å²) in [6.07, 6.45) is -3.46. The molecule has 0 bridgehead atoms. The first kappa shape index (κ1) is 19.9. The van der Waals surface area contributed by atoms with Crippen molar-refractivity contribution in [2.45, 2.75) is 32.4 Å². The largest absolute Gasteiger partial charge is 0.459 e. The van der Waals surface area contributed by atoms with Gasteiger partial charge in [0, 0.05) is 13.8 Å². The van der Waals surface area contributed by atoms with Crippen LogP contribution in [0.1, 0.15) is 25.0 Å². The first-order valence-electron chi connectivity index (χ1n) is 7.61. The molecule has 1 aromatic rings. The van der Waals surface area contributed by atoms with Crippen molar-refractivity contribution in [3.8, 4) is 0 Å². The second-order valence-electron chi connectivity index (χ2n) is 5.97. The Bertz CT molecular complexity index is 710. The molecule has 0 saturated carbocycles. The number of alkyl halides is 3. The Morgan fingerprint density at radius 3 is 2.46 bits per heavy atom. The van der Waals surface area contributed by atoms with Gasteiger partial charge in [0.1, 0.15) is 6.61 Å². The number of ketones is 1. The summed E-state index contributed by atoms with van der Waals surface area (Å²) in [7, 11) is 1.23. The van der Waals surface area contributed by atoms with Gasteiger partial charge < -0.3 is 9.47 Å². The molecule has 2 rings (SSSR count). The monoisotopic (exact) mass is 373 g/mol. The van der Waals surface area contributed by atoms with E-state index in [0.717, 1.165) is 23.3 Å². The molecule has 1 aromatic carbocycles. The SMILES string of the molecule is CON(Cc1ccc(C(F)(F)F)cc1)C(=O)C=C1OC(C)(C)OCC1=O. The average molecular weight is 373 g/mol. The van der Waals surface area contributed by atoms with Crippen LogP contribution < -0.4 is 0 Å². The molecular formula is C17H18F3NO5. The van der Waals surface area contributed by atoms with E-state index in [9.17, 15) is 22.8 Å². The minimum Gasteiger partial charge on any atom is -0.459 e. The molecule has 26 heavy (non-hydrogen) atoms. The molecular weight excluding hydrogens is 355 g/mol. The third-order valence-electron chi connectivity index (χ3n) is 3.51. The molecule has 0 spiro atoms. The molecule has 0 aromatic heterocycles. The van der Waals surface area contributed by atoms with Gasteiger partial charge in [-0.1, -0.05) is 12.1 Å². The maximum Gasteiger partial charge on any atom is 0.416 e. The highest BCUT2D eigenvalue weighted by molar-refractivity contribution is 6.01. The number of Topliss-reactive ketones (excluding diaryl/α,β-unsaturated/α-hetero) is 1. The highest BCUT2D eigenvalue weighted by Gasteiger charge is 2.33. The van der Waals surface area contributed by atoms with Gasteiger partial charge in [0.05, 0.1) is 25.3 Å². The Morgan fingerprint density at radius 1 is 1.31 bits per heavy atom. The molecule has 0 aliphatic carbocycles. The fraction of sp³-hybridized carbons (Fsp3) is 0.412. The van der Waals surface area contributed by atoms with Crippen molar-refractivity contribution in [3.63, 3.8) is 0 Å². The third-order valence-corrected chi connectivity index (χ3v) is 3.51. The number of rotatable bonds is 4. The van der Waals surface area contributed by atoms with Gasteiger partial charge >= 0.3 is 6.18 Å². The zero-order valence-corrected chi connectivity index (χ0v) is 14.4. The van der Waals surface area contributed by atoms with E-state index in [4.69, 9.17) is 14.3 Å². The highest BCUT2D eigenvalue weighted by atomic mass is 19.4. The number of ether oxygens (including phenoxy) is 2. The van der Waals surface area contributed by atoms with Gasteiger partial charge in [-0.2, -0.15) is 13.2 Å². The predicted molar refractivity (Wildman–Crippen MR) is 83.2 cm³/mol. The van der Waals surface area contributed by atoms with Crippen molar-refractivity contribution in [2.75, 3.05) is 13.7 Å². The van der Waals surface area contributed by atoms with E-state index >= 15 is 0 Å². The average Bonchev–Trinajstić information content (AvgIpc) is 2.55. The Hall–Kier alpha value is -2.39. The molecule has 0 unspecified atom stereocenters. The molecule has 1 amide bonds. The van der Waals surface area contributed by atoms with Gasteiger partial charge in [-0.25, -0.2) is 5.06 Å². The van der Waals surface area contributed by atoms with E-state index in [1.54, 1.807) is 13.8 Å². The minimum atomic E-state index is -4.44. The molecule has 0 N–H and O–H groups in total. The fourth-order valence-electron chi connectivity index (χ4n) is 2.15. The third kappa shape index (κ3) is 5.06. The van der Waals surface area contributed by atoms with Gasteiger partial charge in [-0.3, -0.25) is 14.4 Å². The van der Waals surface area contributed by atoms with Crippen molar-refractivity contribution in [3.05, 3.63) is 47.2 Å². The van der Waals surface area contributed by atoms with Crippen LogP contribution in [0.25, 0.3) is 0 Å². The second kappa shape index (κ2) is 7.46. The number of carbonyl (C=O) groups is 2. The lowest BCUT2D eigenvalue weighted by Crippen LogP contribution is -2.39. The molecule has 1 saturated heterocycles. The number of benzene rings is 1. The molecule has 1 aliphatic heterocycles. The maximum absolute atomic E-state index is 12.6. The predicted octanol–water partition coefficient (Wildman–Crippen LogP) is 2.83. The summed E-state index contributed by atoms with van der Waals surface area (Å²) < 4.78 is 48.2. The van der Waals surface area contributed by atoms with Gasteiger partial charge in [-0.15, -0.1) is 0 Å². The molecule has 142 valence electrons. The molecule has 1 heterocycles. The standard InChI is InChI=1S/C17H18F3NO5/c1-16(2)25-10-13(22)14(26-16)8-15(23)21(24-3)9-11-4-6-12(7-5-11)17(18,19)20/h4-8H,9-10H2,1-3H3. The van der Waals surface area contributed by atoms with Gasteiger partial charge in [0.15, 0.2) is 5.76 Å². The summed E-state index contributed by atoms with van der Waals surface area (Å²) in [5.41, 5.74) is -0.367. The highest BCUT2D eigenvalue weighted by Crippen LogP contribution is 2.29. The van der Waals surface area contributed by atoms with Crippen molar-refractivity contribution < 1.29 is 37.1 Å².